The van der Waals surface area contributed by atoms with Crippen molar-refractivity contribution in [2.45, 2.75) is 32.4 Å². The quantitative estimate of drug-likeness (QED) is 0.939. The van der Waals surface area contributed by atoms with Gasteiger partial charge in [0.25, 0.3) is 5.91 Å². The second-order valence-corrected chi connectivity index (χ2v) is 6.84. The maximum Gasteiger partial charge on any atom is 0.254 e. The Labute approximate surface area is 137 Å². The van der Waals surface area contributed by atoms with Gasteiger partial charge in [0.1, 0.15) is 0 Å². The number of aromatic nitrogens is 2. The molecule has 0 bridgehead atoms. The minimum atomic E-state index is -0.0919. The summed E-state index contributed by atoms with van der Waals surface area (Å²) in [6.07, 6.45) is 4.40. The molecule has 1 amide bonds. The van der Waals surface area contributed by atoms with E-state index < -0.39 is 0 Å². The highest BCUT2D eigenvalue weighted by atomic mass is 16.1. The first-order valence-electron chi connectivity index (χ1n) is 8.04. The van der Waals surface area contributed by atoms with Gasteiger partial charge in [-0.15, -0.1) is 0 Å². The highest BCUT2D eigenvalue weighted by Gasteiger charge is 2.30. The van der Waals surface area contributed by atoms with Gasteiger partial charge < -0.3 is 5.32 Å². The minimum absolute atomic E-state index is 0.0661. The molecule has 1 aromatic heterocycles. The molecule has 0 fully saturated rings. The van der Waals surface area contributed by atoms with Crippen LogP contribution in [0.4, 0.5) is 0 Å². The number of nitrogens with zero attached hydrogens (tertiary/aromatic N) is 3. The smallest absolute Gasteiger partial charge is 0.254 e. The maximum atomic E-state index is 12.2. The van der Waals surface area contributed by atoms with Crippen molar-refractivity contribution in [3.63, 3.8) is 0 Å². The summed E-state index contributed by atoms with van der Waals surface area (Å²) < 4.78 is 1.64. The van der Waals surface area contributed by atoms with E-state index >= 15 is 0 Å². The van der Waals surface area contributed by atoms with Gasteiger partial charge in [-0.2, -0.15) is 5.10 Å². The number of carbonyl (C=O) groups excluding carboxylic acids is 1. The van der Waals surface area contributed by atoms with Gasteiger partial charge in [-0.05, 0) is 31.4 Å². The van der Waals surface area contributed by atoms with Crippen LogP contribution in [-0.4, -0.2) is 39.2 Å². The second kappa shape index (κ2) is 6.16. The third kappa shape index (κ3) is 3.45. The van der Waals surface area contributed by atoms with E-state index in [9.17, 15) is 4.79 Å². The Morgan fingerprint density at radius 3 is 2.74 bits per heavy atom. The van der Waals surface area contributed by atoms with Gasteiger partial charge in [0.15, 0.2) is 0 Å². The Morgan fingerprint density at radius 1 is 1.30 bits per heavy atom. The van der Waals surface area contributed by atoms with Crippen LogP contribution in [0.5, 0.6) is 0 Å². The van der Waals surface area contributed by atoms with Crippen LogP contribution in [0.25, 0.3) is 0 Å². The summed E-state index contributed by atoms with van der Waals surface area (Å²) >= 11 is 0. The molecular formula is C18H24N4O. The molecule has 5 heteroatoms. The molecule has 1 aliphatic heterocycles. The van der Waals surface area contributed by atoms with E-state index in [4.69, 9.17) is 0 Å². The number of benzene rings is 1. The van der Waals surface area contributed by atoms with Gasteiger partial charge in [0.2, 0.25) is 0 Å². The van der Waals surface area contributed by atoms with E-state index in [2.05, 4.69) is 53.4 Å². The summed E-state index contributed by atoms with van der Waals surface area (Å²) in [6, 6.07) is 8.61. The molecule has 1 aliphatic rings. The lowest BCUT2D eigenvalue weighted by Crippen LogP contribution is -2.53. The second-order valence-electron chi connectivity index (χ2n) is 6.84. The monoisotopic (exact) mass is 312 g/mol. The number of nitrogens with one attached hydrogen (secondary N) is 1. The average Bonchev–Trinajstić information content (AvgIpc) is 2.99. The predicted molar refractivity (Wildman–Crippen MR) is 90.2 cm³/mol. The molecule has 0 atom stereocenters. The van der Waals surface area contributed by atoms with E-state index in [1.165, 1.54) is 11.1 Å². The van der Waals surface area contributed by atoms with Crippen LogP contribution in [0.15, 0.2) is 36.7 Å². The molecule has 0 spiro atoms. The predicted octanol–water partition coefficient (Wildman–Crippen LogP) is 1.99. The average molecular weight is 312 g/mol. The molecule has 0 saturated carbocycles. The molecule has 5 nitrogen and oxygen atoms in total. The summed E-state index contributed by atoms with van der Waals surface area (Å²) in [4.78, 5) is 14.6. The lowest BCUT2D eigenvalue weighted by atomic mass is 9.94. The van der Waals surface area contributed by atoms with Crippen LogP contribution >= 0.6 is 0 Å². The van der Waals surface area contributed by atoms with Crippen LogP contribution in [0, 0.1) is 0 Å². The Kier molecular flexibility index (Phi) is 4.22. The van der Waals surface area contributed by atoms with Crippen molar-refractivity contribution in [3.8, 4) is 0 Å². The number of rotatable bonds is 4. The summed E-state index contributed by atoms with van der Waals surface area (Å²) in [7, 11) is 1.81. The largest absolute Gasteiger partial charge is 0.350 e. The molecule has 2 heterocycles. The maximum absolute atomic E-state index is 12.2. The van der Waals surface area contributed by atoms with E-state index in [1.807, 2.05) is 7.05 Å². The molecule has 0 saturated heterocycles. The first kappa shape index (κ1) is 15.7. The summed E-state index contributed by atoms with van der Waals surface area (Å²) in [5, 5.41) is 7.08. The highest BCUT2D eigenvalue weighted by molar-refractivity contribution is 5.93. The van der Waals surface area contributed by atoms with Gasteiger partial charge in [0, 0.05) is 38.4 Å². The van der Waals surface area contributed by atoms with Crippen LogP contribution in [-0.2, 0) is 20.0 Å². The number of hydrogen-bond acceptors (Lipinski definition) is 3. The zero-order valence-electron chi connectivity index (χ0n) is 14.0. The summed E-state index contributed by atoms with van der Waals surface area (Å²) in [5.41, 5.74) is 3.35. The van der Waals surface area contributed by atoms with Gasteiger partial charge in [-0.25, -0.2) is 0 Å². The van der Waals surface area contributed by atoms with Crippen molar-refractivity contribution in [1.29, 1.82) is 0 Å². The third-order valence-corrected chi connectivity index (χ3v) is 4.64. The van der Waals surface area contributed by atoms with Crippen molar-refractivity contribution in [2.75, 3.05) is 13.1 Å². The topological polar surface area (TPSA) is 50.2 Å². The fourth-order valence-electron chi connectivity index (χ4n) is 3.06. The zero-order valence-corrected chi connectivity index (χ0v) is 14.0. The van der Waals surface area contributed by atoms with Crippen LogP contribution < -0.4 is 5.32 Å². The Hall–Kier alpha value is -2.14. The first-order chi connectivity index (χ1) is 11.0. The number of fused-ring (bicyclic) bond motifs is 1. The molecule has 1 aromatic carbocycles. The van der Waals surface area contributed by atoms with Crippen LogP contribution in [0.1, 0.15) is 35.3 Å². The van der Waals surface area contributed by atoms with Crippen LogP contribution in [0.2, 0.25) is 0 Å². The van der Waals surface area contributed by atoms with Gasteiger partial charge in [-0.1, -0.05) is 24.3 Å². The van der Waals surface area contributed by atoms with E-state index in [-0.39, 0.29) is 11.4 Å². The molecule has 1 N–H and O–H groups in total. The summed E-state index contributed by atoms with van der Waals surface area (Å²) in [5.74, 6) is -0.0661. The Bertz CT molecular complexity index is 705. The van der Waals surface area contributed by atoms with E-state index in [0.29, 0.717) is 12.1 Å². The highest BCUT2D eigenvalue weighted by Crippen LogP contribution is 2.24. The van der Waals surface area contributed by atoms with Gasteiger partial charge >= 0.3 is 0 Å². The SMILES string of the molecule is Cn1cc(C(=O)NCC(C)(C)N2CCc3ccccc3C2)cn1. The zero-order chi connectivity index (χ0) is 16.4. The van der Waals surface area contributed by atoms with Gasteiger partial charge in [0.05, 0.1) is 11.8 Å². The molecule has 23 heavy (non-hydrogen) atoms. The lowest BCUT2D eigenvalue weighted by molar-refractivity contribution is 0.0826. The molecule has 0 radical (unpaired) electrons. The van der Waals surface area contributed by atoms with E-state index in [1.54, 1.807) is 17.1 Å². The summed E-state index contributed by atoms with van der Waals surface area (Å²) in [6.45, 7) is 6.94. The molecule has 122 valence electrons. The van der Waals surface area contributed by atoms with Crippen molar-refractivity contribution >= 4 is 5.91 Å². The molecular weight excluding hydrogens is 288 g/mol. The van der Waals surface area contributed by atoms with Gasteiger partial charge in [-0.3, -0.25) is 14.4 Å². The van der Waals surface area contributed by atoms with E-state index in [0.717, 1.165) is 19.5 Å². The molecule has 2 aromatic rings. The molecule has 3 rings (SSSR count). The normalized spacial score (nSPS) is 15.3. The Balaban J connectivity index is 1.62. The number of amides is 1. The standard InChI is InChI=1S/C18H24N4O/c1-18(2,13-19-17(23)16-10-20-21(3)11-16)22-9-8-14-6-4-5-7-15(14)12-22/h4-7,10-11H,8-9,12-13H2,1-3H3,(H,19,23). The fraction of sp³-hybridized carbons (Fsp3) is 0.444. The minimum Gasteiger partial charge on any atom is -0.350 e. The number of aryl methyl sites for hydroxylation is 1. The Morgan fingerprint density at radius 2 is 2.04 bits per heavy atom. The molecule has 0 unspecified atom stereocenters. The fourth-order valence-corrected chi connectivity index (χ4v) is 3.06. The van der Waals surface area contributed by atoms with Crippen molar-refractivity contribution in [1.82, 2.24) is 20.0 Å². The van der Waals surface area contributed by atoms with Crippen molar-refractivity contribution in [3.05, 3.63) is 53.3 Å². The molecule has 0 aliphatic carbocycles. The van der Waals surface area contributed by atoms with Crippen molar-refractivity contribution in [2.24, 2.45) is 7.05 Å². The van der Waals surface area contributed by atoms with Crippen LogP contribution in [0.3, 0.4) is 0 Å². The first-order valence-corrected chi connectivity index (χ1v) is 8.04. The number of hydrogen-bond donors (Lipinski definition) is 1. The number of carbonyl (C=O) groups is 1. The van der Waals surface area contributed by atoms with Crippen molar-refractivity contribution < 1.29 is 4.79 Å². The lowest BCUT2D eigenvalue weighted by Gasteiger charge is -2.41. The third-order valence-electron chi connectivity index (χ3n) is 4.64.